The fraction of sp³-hybridized carbons (Fsp3) is 0.0556. The van der Waals surface area contributed by atoms with Gasteiger partial charge in [-0.15, -0.1) is 0 Å². The molecule has 0 heterocycles. The number of rotatable bonds is 2. The monoisotopic (exact) mass is 561 g/mol. The van der Waals surface area contributed by atoms with E-state index in [1.165, 1.54) is 12.1 Å². The number of hydrogen-bond donors (Lipinski definition) is 4. The van der Waals surface area contributed by atoms with Gasteiger partial charge < -0.3 is 27.7 Å². The van der Waals surface area contributed by atoms with Gasteiger partial charge in [-0.3, -0.25) is 0 Å². The molecule has 7 heteroatoms. The summed E-state index contributed by atoms with van der Waals surface area (Å²) in [6, 6.07) is 30.9. The molecule has 7 rings (SSSR count). The smallest absolute Gasteiger partial charge is 0.181 e. The number of nitriles is 2. The quantitative estimate of drug-likeness (QED) is 0.156. The van der Waals surface area contributed by atoms with E-state index in [2.05, 4.69) is 54.8 Å². The molecule has 9 N–H and O–H groups in total. The lowest BCUT2D eigenvalue weighted by Crippen LogP contribution is -2.55. The number of nitrogens with two attached hydrogens (primary N) is 3. The molecule has 0 saturated heterocycles. The number of nitrogens with zero attached hydrogens (tertiary/aromatic N) is 2. The largest absolute Gasteiger partial charge is 0.495 e. The first-order valence-corrected chi connectivity index (χ1v) is 13.7. The summed E-state index contributed by atoms with van der Waals surface area (Å²) < 4.78 is 6.19. The summed E-state index contributed by atoms with van der Waals surface area (Å²) in [5, 5.41) is 18.3. The van der Waals surface area contributed by atoms with Gasteiger partial charge >= 0.3 is 0 Å². The maximum atomic E-state index is 7.26. The molecule has 0 radical (unpaired) electrons. The number of quaternary nitrogens is 1. The normalized spacial score (nSPS) is 16.7. The summed E-state index contributed by atoms with van der Waals surface area (Å²) in [4.78, 5) is 0. The van der Waals surface area contributed by atoms with E-state index in [1.807, 2.05) is 42.5 Å². The van der Waals surface area contributed by atoms with Crippen LogP contribution in [0.15, 0.2) is 108 Å². The molecule has 7 nitrogen and oxygen atoms in total. The molecule has 0 aromatic heterocycles. The van der Waals surface area contributed by atoms with Crippen molar-refractivity contribution in [1.29, 1.82) is 10.5 Å². The van der Waals surface area contributed by atoms with Gasteiger partial charge in [0.2, 0.25) is 0 Å². The molecule has 0 bridgehead atoms. The van der Waals surface area contributed by atoms with Gasteiger partial charge in [-0.25, -0.2) is 0 Å². The molecule has 1 atom stereocenters. The average Bonchev–Trinajstić information content (AvgIpc) is 3.03. The van der Waals surface area contributed by atoms with Crippen LogP contribution in [0, 0.1) is 22.7 Å². The zero-order chi connectivity index (χ0) is 30.4. The van der Waals surface area contributed by atoms with Crippen molar-refractivity contribution in [2.45, 2.75) is 6.04 Å². The Labute approximate surface area is 249 Å². The molecular weight excluding hydrogens is 532 g/mol. The molecule has 43 heavy (non-hydrogen) atoms. The molecule has 208 valence electrons. The van der Waals surface area contributed by atoms with E-state index in [9.17, 15) is 0 Å². The number of benzene rings is 5. The Bertz CT molecular complexity index is 2150. The van der Waals surface area contributed by atoms with Crippen LogP contribution in [-0.2, 0) is 4.74 Å². The van der Waals surface area contributed by atoms with E-state index >= 15 is 0 Å². The Morgan fingerprint density at radius 2 is 1.33 bits per heavy atom. The Balaban J connectivity index is 0.000000777. The number of fused-ring (bicyclic) bond motifs is 4. The summed E-state index contributed by atoms with van der Waals surface area (Å²) in [7, 11) is 1.72. The topological polar surface area (TPSA) is 163 Å². The number of allylic oxidation sites excluding steroid dienone is 2. The highest BCUT2D eigenvalue weighted by Crippen LogP contribution is 2.56. The molecule has 0 spiro atoms. The number of hydrogen-bond acceptors (Lipinski definition) is 6. The third-order valence-corrected chi connectivity index (χ3v) is 8.30. The van der Waals surface area contributed by atoms with E-state index in [4.69, 9.17) is 32.5 Å². The molecule has 0 amide bonds. The van der Waals surface area contributed by atoms with Crippen LogP contribution >= 0.6 is 0 Å². The Morgan fingerprint density at radius 1 is 0.721 bits per heavy atom. The van der Waals surface area contributed by atoms with Crippen molar-refractivity contribution in [1.82, 2.24) is 0 Å². The minimum Gasteiger partial charge on any atom is -0.495 e. The Morgan fingerprint density at radius 3 is 2.05 bits per heavy atom. The summed E-state index contributed by atoms with van der Waals surface area (Å²) in [6.45, 7) is 4.61. The van der Waals surface area contributed by atoms with Crippen molar-refractivity contribution in [3.05, 3.63) is 136 Å². The maximum absolute atomic E-state index is 7.26. The minimum absolute atomic E-state index is 0.0718. The van der Waals surface area contributed by atoms with Crippen molar-refractivity contribution in [3.8, 4) is 12.1 Å². The molecule has 5 aromatic rings. The molecule has 0 saturated carbocycles. The summed E-state index contributed by atoms with van der Waals surface area (Å²) in [5.74, 6) is 0.791. The van der Waals surface area contributed by atoms with E-state index in [0.29, 0.717) is 11.4 Å². The van der Waals surface area contributed by atoms with Crippen LogP contribution in [0.2, 0.25) is 0 Å². The highest BCUT2D eigenvalue weighted by Gasteiger charge is 2.40. The second-order valence-electron chi connectivity index (χ2n) is 10.4. The fourth-order valence-electron chi connectivity index (χ4n) is 6.55. The highest BCUT2D eigenvalue weighted by molar-refractivity contribution is 6.24. The SMILES string of the molecule is C=C1C(c2c3ccccc3c(N)c3c(N)cccc23)=C(OC)/C1=C1/c2ccccc2C([NH3+])c2c(N)cccc21.N#CC#N. The lowest BCUT2D eigenvalue weighted by atomic mass is 9.69. The molecule has 2 aliphatic rings. The lowest BCUT2D eigenvalue weighted by molar-refractivity contribution is -0.411. The van der Waals surface area contributed by atoms with Crippen LogP contribution in [-0.4, -0.2) is 7.11 Å². The number of methoxy groups -OCH3 is 1. The first-order chi connectivity index (χ1) is 20.8. The van der Waals surface area contributed by atoms with E-state index in [1.54, 1.807) is 7.11 Å². The van der Waals surface area contributed by atoms with Crippen molar-refractivity contribution >= 4 is 49.8 Å². The summed E-state index contributed by atoms with van der Waals surface area (Å²) in [5.41, 5.74) is 35.6. The van der Waals surface area contributed by atoms with Gasteiger partial charge in [0.25, 0.3) is 0 Å². The van der Waals surface area contributed by atoms with Crippen LogP contribution in [0.4, 0.5) is 17.1 Å². The lowest BCUT2D eigenvalue weighted by Gasteiger charge is -2.36. The van der Waals surface area contributed by atoms with Crippen molar-refractivity contribution in [2.24, 2.45) is 0 Å². The fourth-order valence-corrected chi connectivity index (χ4v) is 6.55. The average molecular weight is 562 g/mol. The van der Waals surface area contributed by atoms with Crippen LogP contribution < -0.4 is 22.9 Å². The van der Waals surface area contributed by atoms with Crippen molar-refractivity contribution < 1.29 is 10.5 Å². The van der Waals surface area contributed by atoms with Gasteiger partial charge in [0.15, 0.2) is 12.1 Å². The second kappa shape index (κ2) is 10.4. The van der Waals surface area contributed by atoms with Gasteiger partial charge in [0.05, 0.1) is 7.11 Å². The van der Waals surface area contributed by atoms with Crippen LogP contribution in [0.25, 0.3) is 32.7 Å². The van der Waals surface area contributed by atoms with Crippen LogP contribution in [0.5, 0.6) is 0 Å². The van der Waals surface area contributed by atoms with Gasteiger partial charge in [-0.1, -0.05) is 79.4 Å². The second-order valence-corrected chi connectivity index (χ2v) is 10.4. The van der Waals surface area contributed by atoms with Crippen LogP contribution in [0.3, 0.4) is 0 Å². The molecule has 0 aliphatic heterocycles. The maximum Gasteiger partial charge on any atom is 0.181 e. The molecule has 5 aromatic carbocycles. The molecular formula is C36H29N6O+. The zero-order valence-electron chi connectivity index (χ0n) is 23.6. The van der Waals surface area contributed by atoms with Gasteiger partial charge in [0.1, 0.15) is 11.8 Å². The third kappa shape index (κ3) is 3.92. The number of ether oxygens (including phenoxy) is 1. The molecule has 1 unspecified atom stereocenters. The van der Waals surface area contributed by atoms with Gasteiger partial charge in [-0.2, -0.15) is 10.5 Å². The zero-order valence-corrected chi connectivity index (χ0v) is 23.6. The summed E-state index contributed by atoms with van der Waals surface area (Å²) >= 11 is 0. The number of anilines is 3. The molecule has 2 aliphatic carbocycles. The predicted molar refractivity (Wildman–Crippen MR) is 173 cm³/mol. The Hall–Kier alpha value is -6.02. The van der Waals surface area contributed by atoms with Gasteiger partial charge in [-0.05, 0) is 39.6 Å². The minimum atomic E-state index is -0.0718. The molecule has 0 fully saturated rings. The van der Waals surface area contributed by atoms with Crippen molar-refractivity contribution in [3.63, 3.8) is 0 Å². The standard InChI is InChI=1S/C34H28N4O.C2N2/c1-17-26(28-18-9-3-5-11-20(18)32(37)30-22(28)13-7-15-24(30)35)34(39-2)27(17)29-19-10-4-6-12-21(19)33(38)31-23(29)14-8-16-25(31)36;3-1-2-4/h3-16,32H,1,35-38H2,2H3;/p+1/b28-26-;. The summed E-state index contributed by atoms with van der Waals surface area (Å²) in [6.07, 6.45) is 0. The number of nitrogen functional groups attached to an aromatic ring is 3. The van der Waals surface area contributed by atoms with E-state index < -0.39 is 0 Å². The first kappa shape index (κ1) is 27.2. The van der Waals surface area contributed by atoms with E-state index in [0.717, 1.165) is 83.1 Å². The Kier molecular flexibility index (Phi) is 6.59. The first-order valence-electron chi connectivity index (χ1n) is 13.7. The highest BCUT2D eigenvalue weighted by atomic mass is 16.5. The van der Waals surface area contributed by atoms with Crippen LogP contribution in [0.1, 0.15) is 33.9 Å². The predicted octanol–water partition coefficient (Wildman–Crippen LogP) is 5.85. The third-order valence-electron chi connectivity index (χ3n) is 8.30. The van der Waals surface area contributed by atoms with Gasteiger partial charge in [0, 0.05) is 61.2 Å². The van der Waals surface area contributed by atoms with Crippen molar-refractivity contribution in [2.75, 3.05) is 24.3 Å². The van der Waals surface area contributed by atoms with E-state index in [-0.39, 0.29) is 6.04 Å².